The molecule has 0 heterocycles. The zero-order chi connectivity index (χ0) is 9.97. The first-order valence-corrected chi connectivity index (χ1v) is 6.49. The van der Waals surface area contributed by atoms with Gasteiger partial charge < -0.3 is 4.90 Å². The summed E-state index contributed by atoms with van der Waals surface area (Å²) in [4.78, 5) is 1.69. The Balaban J connectivity index is 1.96. The molecule has 0 unspecified atom stereocenters. The number of hydrogen-bond donors (Lipinski definition) is 2. The second-order valence-corrected chi connectivity index (χ2v) is 7.41. The van der Waals surface area contributed by atoms with Crippen molar-refractivity contribution in [2.75, 3.05) is 14.1 Å². The van der Waals surface area contributed by atoms with Crippen LogP contribution in [-0.4, -0.2) is 24.4 Å². The van der Waals surface area contributed by atoms with Crippen LogP contribution in [0, 0.1) is 11.8 Å². The minimum Gasteiger partial charge on any atom is -0.335 e. The topological polar surface area (TPSA) is 4.44 Å². The van der Waals surface area contributed by atoms with Crippen LogP contribution in [-0.2, 0) is 0 Å². The van der Waals surface area contributed by atoms with Crippen LogP contribution in [0.2, 0.25) is 0 Å². The van der Waals surface area contributed by atoms with Crippen molar-refractivity contribution >= 4 is 12.6 Å². The molecule has 80 valence electrons. The lowest BCUT2D eigenvalue weighted by Crippen LogP contribution is -3.16. The molecule has 4 saturated carbocycles. The van der Waals surface area contributed by atoms with Crippen molar-refractivity contribution in [1.82, 2.24) is 0 Å². The number of thiol groups is 1. The second-order valence-electron chi connectivity index (χ2n) is 6.47. The van der Waals surface area contributed by atoms with Crippen LogP contribution in [0.4, 0.5) is 0 Å². The summed E-state index contributed by atoms with van der Waals surface area (Å²) in [6.45, 7) is 0. The van der Waals surface area contributed by atoms with E-state index in [-0.39, 0.29) is 0 Å². The lowest BCUT2D eigenvalue weighted by atomic mass is 9.52. The van der Waals surface area contributed by atoms with Crippen LogP contribution < -0.4 is 4.90 Å². The fourth-order valence-electron chi connectivity index (χ4n) is 4.80. The molecule has 0 radical (unpaired) electrons. The van der Waals surface area contributed by atoms with E-state index in [1.165, 1.54) is 38.5 Å². The third-order valence-electron chi connectivity index (χ3n) is 5.09. The molecule has 4 bridgehead atoms. The van der Waals surface area contributed by atoms with Crippen molar-refractivity contribution in [2.24, 2.45) is 11.8 Å². The first-order chi connectivity index (χ1) is 6.51. The average Bonchev–Trinajstić information content (AvgIpc) is 1.98. The monoisotopic (exact) mass is 212 g/mol. The molecule has 0 aliphatic heterocycles. The Morgan fingerprint density at radius 1 is 1.07 bits per heavy atom. The normalized spacial score (nSPS) is 55.7. The van der Waals surface area contributed by atoms with Gasteiger partial charge in [-0.15, -0.1) is 0 Å². The van der Waals surface area contributed by atoms with E-state index in [1.807, 2.05) is 0 Å². The number of hydrogen-bond acceptors (Lipinski definition) is 1. The molecule has 0 amide bonds. The predicted molar refractivity (Wildman–Crippen MR) is 61.9 cm³/mol. The molecule has 0 spiro atoms. The summed E-state index contributed by atoms with van der Waals surface area (Å²) in [6, 6.07) is 0. The molecule has 4 aliphatic rings. The highest BCUT2D eigenvalue weighted by molar-refractivity contribution is 7.81. The van der Waals surface area contributed by atoms with Gasteiger partial charge >= 0.3 is 0 Å². The van der Waals surface area contributed by atoms with E-state index in [0.717, 1.165) is 11.8 Å². The minimum absolute atomic E-state index is 0.418. The molecular formula is C12H22NS+. The standard InChI is InChI=1S/C12H21NS/c1-13(2)11-4-9-3-10(5-11)7-12(14,6-9)8-11/h9-10,14H,3-8H2,1-2H3/p+1/t9-,10-,11?,12?/m0/s1. The maximum atomic E-state index is 4.99. The largest absolute Gasteiger partial charge is 0.335 e. The van der Waals surface area contributed by atoms with Gasteiger partial charge in [0.1, 0.15) is 0 Å². The highest BCUT2D eigenvalue weighted by Gasteiger charge is 2.59. The van der Waals surface area contributed by atoms with Crippen LogP contribution in [0.1, 0.15) is 38.5 Å². The fourth-order valence-corrected chi connectivity index (χ4v) is 5.62. The Bertz CT molecular complexity index is 247. The molecule has 2 atom stereocenters. The smallest absolute Gasteiger partial charge is 0.0991 e. The van der Waals surface area contributed by atoms with Crippen molar-refractivity contribution in [3.8, 4) is 0 Å². The van der Waals surface area contributed by atoms with E-state index in [1.54, 1.807) is 4.90 Å². The van der Waals surface area contributed by atoms with Crippen LogP contribution in [0.3, 0.4) is 0 Å². The first kappa shape index (κ1) is 9.53. The third kappa shape index (κ3) is 1.19. The fraction of sp³-hybridized carbons (Fsp3) is 1.00. The van der Waals surface area contributed by atoms with Gasteiger partial charge in [0, 0.05) is 24.0 Å². The lowest BCUT2D eigenvalue weighted by Gasteiger charge is -2.60. The molecule has 0 aromatic rings. The molecule has 0 aromatic carbocycles. The molecule has 14 heavy (non-hydrogen) atoms. The summed E-state index contributed by atoms with van der Waals surface area (Å²) in [5.74, 6) is 2.01. The van der Waals surface area contributed by atoms with E-state index < -0.39 is 0 Å². The van der Waals surface area contributed by atoms with Crippen molar-refractivity contribution in [3.05, 3.63) is 0 Å². The van der Waals surface area contributed by atoms with E-state index in [9.17, 15) is 0 Å². The van der Waals surface area contributed by atoms with E-state index in [0.29, 0.717) is 10.3 Å². The van der Waals surface area contributed by atoms with Crippen LogP contribution in [0.25, 0.3) is 0 Å². The van der Waals surface area contributed by atoms with Gasteiger partial charge in [0.05, 0.1) is 19.6 Å². The molecule has 0 saturated heterocycles. The first-order valence-electron chi connectivity index (χ1n) is 6.04. The van der Waals surface area contributed by atoms with Crippen LogP contribution >= 0.6 is 12.6 Å². The van der Waals surface area contributed by atoms with E-state index >= 15 is 0 Å². The molecule has 4 aliphatic carbocycles. The number of rotatable bonds is 1. The van der Waals surface area contributed by atoms with Crippen LogP contribution in [0.5, 0.6) is 0 Å². The van der Waals surface area contributed by atoms with Crippen molar-refractivity contribution in [1.29, 1.82) is 0 Å². The third-order valence-corrected chi connectivity index (χ3v) is 5.61. The molecule has 4 fully saturated rings. The SMILES string of the molecule is C[NH+](C)C12C[C@@H]3C[C@H](CC(S)(C3)C1)C2. The molecule has 0 aromatic heterocycles. The second kappa shape index (κ2) is 2.70. The molecule has 4 rings (SSSR count). The number of quaternary nitrogens is 1. The molecule has 2 heteroatoms. The van der Waals surface area contributed by atoms with Gasteiger partial charge in [-0.05, 0) is 31.1 Å². The predicted octanol–water partition coefficient (Wildman–Crippen LogP) is 1.15. The van der Waals surface area contributed by atoms with Gasteiger partial charge in [0.25, 0.3) is 0 Å². The summed E-state index contributed by atoms with van der Waals surface area (Å²) >= 11 is 4.99. The quantitative estimate of drug-likeness (QED) is 0.601. The summed E-state index contributed by atoms with van der Waals surface area (Å²) in [5, 5.41) is 0. The Labute approximate surface area is 92.7 Å². The van der Waals surface area contributed by atoms with Crippen LogP contribution in [0.15, 0.2) is 0 Å². The summed E-state index contributed by atoms with van der Waals surface area (Å²) in [5.41, 5.74) is 0.603. The Morgan fingerprint density at radius 3 is 2.07 bits per heavy atom. The zero-order valence-electron chi connectivity index (χ0n) is 9.34. The molecular weight excluding hydrogens is 190 g/mol. The summed E-state index contributed by atoms with van der Waals surface area (Å²) < 4.78 is 0.418. The van der Waals surface area contributed by atoms with Gasteiger partial charge in [-0.1, -0.05) is 0 Å². The van der Waals surface area contributed by atoms with Crippen molar-refractivity contribution < 1.29 is 4.90 Å². The average molecular weight is 212 g/mol. The van der Waals surface area contributed by atoms with Crippen molar-refractivity contribution in [2.45, 2.75) is 48.8 Å². The minimum atomic E-state index is 0.418. The molecule has 1 N–H and O–H groups in total. The lowest BCUT2D eigenvalue weighted by molar-refractivity contribution is -0.921. The zero-order valence-corrected chi connectivity index (χ0v) is 10.2. The number of nitrogens with one attached hydrogen (secondary N) is 1. The van der Waals surface area contributed by atoms with E-state index in [4.69, 9.17) is 12.6 Å². The summed E-state index contributed by atoms with van der Waals surface area (Å²) in [7, 11) is 4.70. The Kier molecular flexibility index (Phi) is 1.84. The van der Waals surface area contributed by atoms with Gasteiger partial charge in [0.15, 0.2) is 0 Å². The Hall–Kier alpha value is 0.310. The van der Waals surface area contributed by atoms with Gasteiger partial charge in [0.2, 0.25) is 0 Å². The van der Waals surface area contributed by atoms with Crippen molar-refractivity contribution in [3.63, 3.8) is 0 Å². The highest BCUT2D eigenvalue weighted by Crippen LogP contribution is 2.58. The van der Waals surface area contributed by atoms with Gasteiger partial charge in [-0.3, -0.25) is 0 Å². The summed E-state index contributed by atoms with van der Waals surface area (Å²) in [6.07, 6.45) is 8.65. The maximum Gasteiger partial charge on any atom is 0.0991 e. The van der Waals surface area contributed by atoms with E-state index in [2.05, 4.69) is 14.1 Å². The Morgan fingerprint density at radius 2 is 1.64 bits per heavy atom. The molecule has 1 nitrogen and oxygen atoms in total. The van der Waals surface area contributed by atoms with Gasteiger partial charge in [-0.2, -0.15) is 12.6 Å². The van der Waals surface area contributed by atoms with Gasteiger partial charge in [-0.25, -0.2) is 0 Å². The maximum absolute atomic E-state index is 4.99. The highest BCUT2D eigenvalue weighted by atomic mass is 32.1.